The molecule has 2 fully saturated rings. The molecule has 2 heterocycles. The maximum Gasteiger partial charge on any atom is 0.122 e. The molecule has 114 valence electrons. The second-order valence-corrected chi connectivity index (χ2v) is 6.91. The molecular weight excluding hydrogens is 264 g/mol. The zero-order valence-electron chi connectivity index (χ0n) is 12.5. The highest BCUT2D eigenvalue weighted by atomic mass is 16.5. The van der Waals surface area contributed by atoms with Crippen LogP contribution in [0.2, 0.25) is 0 Å². The molecule has 2 aliphatic heterocycles. The van der Waals surface area contributed by atoms with Gasteiger partial charge in [-0.25, -0.2) is 0 Å². The summed E-state index contributed by atoms with van der Waals surface area (Å²) in [5.74, 6) is 1.54. The summed E-state index contributed by atoms with van der Waals surface area (Å²) in [6.45, 7) is 1.53. The molecule has 1 saturated carbocycles. The van der Waals surface area contributed by atoms with E-state index >= 15 is 0 Å². The second-order valence-electron chi connectivity index (χ2n) is 6.91. The van der Waals surface area contributed by atoms with Crippen molar-refractivity contribution >= 4 is 0 Å². The third kappa shape index (κ3) is 2.36. The van der Waals surface area contributed by atoms with Gasteiger partial charge in [0.2, 0.25) is 0 Å². The van der Waals surface area contributed by atoms with Crippen LogP contribution in [0.5, 0.6) is 5.75 Å². The summed E-state index contributed by atoms with van der Waals surface area (Å²) in [6.07, 6.45) is 6.32. The van der Waals surface area contributed by atoms with Gasteiger partial charge in [-0.15, -0.1) is 0 Å². The lowest BCUT2D eigenvalue weighted by atomic mass is 9.68. The fourth-order valence-corrected chi connectivity index (χ4v) is 4.33. The Morgan fingerprint density at radius 1 is 1.14 bits per heavy atom. The minimum atomic E-state index is -0.267. The van der Waals surface area contributed by atoms with Crippen molar-refractivity contribution in [1.29, 1.82) is 0 Å². The van der Waals surface area contributed by atoms with Gasteiger partial charge in [0.25, 0.3) is 0 Å². The van der Waals surface area contributed by atoms with E-state index < -0.39 is 0 Å². The average molecular weight is 288 g/mol. The number of ether oxygens (including phenoxy) is 2. The van der Waals surface area contributed by atoms with Gasteiger partial charge in [0.15, 0.2) is 0 Å². The van der Waals surface area contributed by atoms with Crippen LogP contribution < -0.4 is 4.74 Å². The number of fused-ring (bicyclic) bond motifs is 1. The Kier molecular flexibility index (Phi) is 3.43. The lowest BCUT2D eigenvalue weighted by Gasteiger charge is -2.49. The van der Waals surface area contributed by atoms with Crippen LogP contribution in [0.1, 0.15) is 50.0 Å². The fraction of sp³-hybridized carbons (Fsp3) is 0.667. The Labute approximate surface area is 126 Å². The minimum Gasteiger partial charge on any atom is -0.493 e. The van der Waals surface area contributed by atoms with Crippen molar-refractivity contribution in [3.8, 4) is 5.75 Å². The largest absolute Gasteiger partial charge is 0.493 e. The Morgan fingerprint density at radius 3 is 2.81 bits per heavy atom. The Hall–Kier alpha value is -1.06. The highest BCUT2D eigenvalue weighted by Gasteiger charge is 2.45. The summed E-state index contributed by atoms with van der Waals surface area (Å²) >= 11 is 0. The number of para-hydroxylation sites is 1. The van der Waals surface area contributed by atoms with E-state index in [1.165, 1.54) is 24.8 Å². The van der Waals surface area contributed by atoms with Gasteiger partial charge >= 0.3 is 0 Å². The van der Waals surface area contributed by atoms with E-state index in [1.807, 2.05) is 18.2 Å². The molecule has 1 spiro atoms. The van der Waals surface area contributed by atoms with Crippen LogP contribution in [0, 0.1) is 5.92 Å². The minimum absolute atomic E-state index is 0.106. The fourth-order valence-electron chi connectivity index (χ4n) is 4.33. The van der Waals surface area contributed by atoms with E-state index in [9.17, 15) is 5.11 Å². The summed E-state index contributed by atoms with van der Waals surface area (Å²) < 4.78 is 11.7. The van der Waals surface area contributed by atoms with E-state index in [1.54, 1.807) is 0 Å². The van der Waals surface area contributed by atoms with Gasteiger partial charge in [0.05, 0.1) is 18.3 Å². The first kappa shape index (κ1) is 13.6. The number of benzene rings is 1. The molecule has 1 aromatic rings. The molecule has 1 aromatic carbocycles. The molecule has 1 aliphatic carbocycles. The summed E-state index contributed by atoms with van der Waals surface area (Å²) in [4.78, 5) is 0. The SMILES string of the molecule is OC(C1CCOC2(CCC2)C1)C1CCOc2ccccc21. The summed E-state index contributed by atoms with van der Waals surface area (Å²) in [7, 11) is 0. The van der Waals surface area contributed by atoms with Gasteiger partial charge in [-0.3, -0.25) is 0 Å². The highest BCUT2D eigenvalue weighted by molar-refractivity contribution is 5.38. The van der Waals surface area contributed by atoms with Crippen LogP contribution in [0.25, 0.3) is 0 Å². The van der Waals surface area contributed by atoms with E-state index in [0.717, 1.165) is 31.6 Å². The molecule has 4 rings (SSSR count). The summed E-state index contributed by atoms with van der Waals surface area (Å²) in [6, 6.07) is 8.18. The van der Waals surface area contributed by atoms with Crippen LogP contribution in [0.15, 0.2) is 24.3 Å². The smallest absolute Gasteiger partial charge is 0.122 e. The molecule has 1 N–H and O–H groups in total. The lowest BCUT2D eigenvalue weighted by molar-refractivity contribution is -0.159. The van der Waals surface area contributed by atoms with Crippen LogP contribution >= 0.6 is 0 Å². The quantitative estimate of drug-likeness (QED) is 0.908. The lowest BCUT2D eigenvalue weighted by Crippen LogP contribution is -2.48. The third-order valence-electron chi connectivity index (χ3n) is 5.70. The van der Waals surface area contributed by atoms with Gasteiger partial charge in [0, 0.05) is 12.5 Å². The highest BCUT2D eigenvalue weighted by Crippen LogP contribution is 2.47. The molecule has 1 saturated heterocycles. The molecule has 0 bridgehead atoms. The molecule has 3 nitrogen and oxygen atoms in total. The molecule has 3 heteroatoms. The van der Waals surface area contributed by atoms with Gasteiger partial charge in [-0.2, -0.15) is 0 Å². The van der Waals surface area contributed by atoms with Crippen LogP contribution in [0.3, 0.4) is 0 Å². The number of aliphatic hydroxyl groups is 1. The molecule has 3 unspecified atom stereocenters. The molecule has 3 aliphatic rings. The summed E-state index contributed by atoms with van der Waals surface area (Å²) in [5, 5.41) is 11.0. The Morgan fingerprint density at radius 2 is 2.00 bits per heavy atom. The van der Waals surface area contributed by atoms with Crippen LogP contribution in [-0.4, -0.2) is 30.0 Å². The van der Waals surface area contributed by atoms with Gasteiger partial charge in [-0.1, -0.05) is 18.2 Å². The van der Waals surface area contributed by atoms with Crippen molar-refractivity contribution in [2.75, 3.05) is 13.2 Å². The van der Waals surface area contributed by atoms with E-state index in [0.29, 0.717) is 12.5 Å². The third-order valence-corrected chi connectivity index (χ3v) is 5.70. The van der Waals surface area contributed by atoms with Gasteiger partial charge < -0.3 is 14.6 Å². The van der Waals surface area contributed by atoms with E-state index in [4.69, 9.17) is 9.47 Å². The zero-order chi connectivity index (χ0) is 14.3. The zero-order valence-corrected chi connectivity index (χ0v) is 12.5. The average Bonchev–Trinajstić information content (AvgIpc) is 2.52. The van der Waals surface area contributed by atoms with Crippen LogP contribution in [0.4, 0.5) is 0 Å². The molecule has 3 atom stereocenters. The van der Waals surface area contributed by atoms with Crippen molar-refractivity contribution in [3.63, 3.8) is 0 Å². The van der Waals surface area contributed by atoms with Gasteiger partial charge in [0.1, 0.15) is 5.75 Å². The Balaban J connectivity index is 1.53. The first-order chi connectivity index (χ1) is 10.3. The molecule has 0 amide bonds. The predicted octanol–water partition coefficient (Wildman–Crippen LogP) is 3.26. The molecular formula is C18H24O3. The van der Waals surface area contributed by atoms with Crippen molar-refractivity contribution < 1.29 is 14.6 Å². The first-order valence-corrected chi connectivity index (χ1v) is 8.31. The van der Waals surface area contributed by atoms with Crippen LogP contribution in [-0.2, 0) is 4.74 Å². The topological polar surface area (TPSA) is 38.7 Å². The number of rotatable bonds is 2. The van der Waals surface area contributed by atoms with Crippen molar-refractivity contribution in [2.45, 2.75) is 56.1 Å². The van der Waals surface area contributed by atoms with Crippen molar-refractivity contribution in [2.24, 2.45) is 5.92 Å². The maximum absolute atomic E-state index is 11.0. The number of hydrogen-bond donors (Lipinski definition) is 1. The van der Waals surface area contributed by atoms with Crippen molar-refractivity contribution in [3.05, 3.63) is 29.8 Å². The summed E-state index contributed by atoms with van der Waals surface area (Å²) in [5.41, 5.74) is 1.29. The monoisotopic (exact) mass is 288 g/mol. The molecule has 21 heavy (non-hydrogen) atoms. The standard InChI is InChI=1S/C18H24O3/c19-17(13-6-11-21-18(12-13)8-3-9-18)15-7-10-20-16-5-2-1-4-14(15)16/h1-2,4-5,13,15,17,19H,3,6-12H2. The first-order valence-electron chi connectivity index (χ1n) is 8.31. The number of hydrogen-bond acceptors (Lipinski definition) is 3. The Bertz CT molecular complexity index is 509. The molecule has 0 radical (unpaired) electrons. The predicted molar refractivity (Wildman–Crippen MR) is 80.6 cm³/mol. The maximum atomic E-state index is 11.0. The molecule has 0 aromatic heterocycles. The van der Waals surface area contributed by atoms with Gasteiger partial charge in [-0.05, 0) is 56.1 Å². The normalized spacial score (nSPS) is 31.9. The van der Waals surface area contributed by atoms with Crippen molar-refractivity contribution in [1.82, 2.24) is 0 Å². The second kappa shape index (κ2) is 5.29. The number of aliphatic hydroxyl groups excluding tert-OH is 1. The van der Waals surface area contributed by atoms with E-state index in [2.05, 4.69) is 6.07 Å². The van der Waals surface area contributed by atoms with E-state index in [-0.39, 0.29) is 17.6 Å².